The summed E-state index contributed by atoms with van der Waals surface area (Å²) in [6.07, 6.45) is 5.25. The van der Waals surface area contributed by atoms with E-state index in [1.54, 1.807) is 12.4 Å². The van der Waals surface area contributed by atoms with Crippen molar-refractivity contribution in [2.75, 3.05) is 26.2 Å². The number of likely N-dealkylation sites (tertiary alicyclic amines) is 1. The van der Waals surface area contributed by atoms with Crippen LogP contribution < -0.4 is 5.56 Å². The molecule has 0 radical (unpaired) electrons. The highest BCUT2D eigenvalue weighted by Gasteiger charge is 2.22. The molecule has 2 aromatic rings. The number of rotatable bonds is 3. The van der Waals surface area contributed by atoms with Crippen molar-refractivity contribution < 1.29 is 5.11 Å². The zero-order valence-corrected chi connectivity index (χ0v) is 11.3. The number of fused-ring (bicyclic) bond motifs is 1. The van der Waals surface area contributed by atoms with Crippen LogP contribution in [0, 0.1) is 0 Å². The molecule has 106 valence electrons. The molecule has 1 N–H and O–H groups in total. The Labute approximate surface area is 116 Å². The van der Waals surface area contributed by atoms with Crippen LogP contribution in [0.4, 0.5) is 0 Å². The molecule has 0 spiro atoms. The van der Waals surface area contributed by atoms with Crippen molar-refractivity contribution in [1.82, 2.24) is 19.5 Å². The molecule has 20 heavy (non-hydrogen) atoms. The Morgan fingerprint density at radius 2 is 2.05 bits per heavy atom. The first-order chi connectivity index (χ1) is 9.79. The van der Waals surface area contributed by atoms with E-state index in [9.17, 15) is 4.79 Å². The van der Waals surface area contributed by atoms with Crippen LogP contribution in [-0.2, 0) is 0 Å². The molecule has 3 heterocycles. The molecule has 0 amide bonds. The fraction of sp³-hybridized carbons (Fsp3) is 0.500. The van der Waals surface area contributed by atoms with Crippen LogP contribution in [0.5, 0.6) is 0 Å². The molecule has 0 saturated carbocycles. The van der Waals surface area contributed by atoms with E-state index < -0.39 is 0 Å². The smallest absolute Gasteiger partial charge is 0.274 e. The number of hydrogen-bond acceptors (Lipinski definition) is 5. The summed E-state index contributed by atoms with van der Waals surface area (Å²) >= 11 is 0. The maximum Gasteiger partial charge on any atom is 0.274 e. The van der Waals surface area contributed by atoms with E-state index in [1.807, 2.05) is 6.07 Å². The van der Waals surface area contributed by atoms with Crippen molar-refractivity contribution in [2.24, 2.45) is 0 Å². The molecule has 6 heteroatoms. The molecular formula is C14H18N4O2. The lowest BCUT2D eigenvalue weighted by Crippen LogP contribution is -2.35. The van der Waals surface area contributed by atoms with Gasteiger partial charge in [-0.3, -0.25) is 4.79 Å². The highest BCUT2D eigenvalue weighted by atomic mass is 16.3. The van der Waals surface area contributed by atoms with E-state index >= 15 is 0 Å². The molecule has 0 aromatic carbocycles. The molecule has 0 aliphatic carbocycles. The van der Waals surface area contributed by atoms with Gasteiger partial charge < -0.3 is 10.0 Å². The third-order valence-electron chi connectivity index (χ3n) is 3.96. The second-order valence-corrected chi connectivity index (χ2v) is 5.14. The van der Waals surface area contributed by atoms with Crippen LogP contribution in [0.2, 0.25) is 0 Å². The first-order valence-corrected chi connectivity index (χ1v) is 6.96. The molecular weight excluding hydrogens is 256 g/mol. The minimum atomic E-state index is -0.144. The maximum absolute atomic E-state index is 11.8. The van der Waals surface area contributed by atoms with Crippen molar-refractivity contribution in [2.45, 2.75) is 18.8 Å². The predicted molar refractivity (Wildman–Crippen MR) is 74.8 cm³/mol. The zero-order chi connectivity index (χ0) is 13.9. The lowest BCUT2D eigenvalue weighted by atomic mass is 9.90. The van der Waals surface area contributed by atoms with Crippen LogP contribution in [0.1, 0.15) is 24.3 Å². The summed E-state index contributed by atoms with van der Waals surface area (Å²) in [5.74, 6) is 0.400. The van der Waals surface area contributed by atoms with Crippen LogP contribution in [0.15, 0.2) is 29.3 Å². The van der Waals surface area contributed by atoms with E-state index in [2.05, 4.69) is 15.0 Å². The minimum absolute atomic E-state index is 0.144. The fourth-order valence-corrected chi connectivity index (χ4v) is 2.89. The zero-order valence-electron chi connectivity index (χ0n) is 11.3. The summed E-state index contributed by atoms with van der Waals surface area (Å²) in [5, 5.41) is 13.1. The quantitative estimate of drug-likeness (QED) is 0.869. The van der Waals surface area contributed by atoms with E-state index in [-0.39, 0.29) is 12.2 Å². The topological polar surface area (TPSA) is 70.7 Å². The SMILES string of the molecule is O=c1ccnc2c(C3CCN(CCO)CC3)ccnn12. The lowest BCUT2D eigenvalue weighted by Gasteiger charge is -2.31. The molecule has 1 aliphatic heterocycles. The van der Waals surface area contributed by atoms with Gasteiger partial charge in [-0.1, -0.05) is 0 Å². The molecule has 2 aromatic heterocycles. The van der Waals surface area contributed by atoms with Gasteiger partial charge in [-0.2, -0.15) is 9.61 Å². The van der Waals surface area contributed by atoms with Crippen LogP contribution in [0.3, 0.4) is 0 Å². The maximum atomic E-state index is 11.8. The third-order valence-corrected chi connectivity index (χ3v) is 3.96. The number of piperidine rings is 1. The molecule has 3 rings (SSSR count). The van der Waals surface area contributed by atoms with Crippen molar-refractivity contribution in [1.29, 1.82) is 0 Å². The summed E-state index contributed by atoms with van der Waals surface area (Å²) in [4.78, 5) is 18.4. The van der Waals surface area contributed by atoms with Gasteiger partial charge in [0.05, 0.1) is 6.61 Å². The number of aromatic nitrogens is 3. The van der Waals surface area contributed by atoms with E-state index in [1.165, 1.54) is 10.6 Å². The minimum Gasteiger partial charge on any atom is -0.395 e. The summed E-state index contributed by atoms with van der Waals surface area (Å²) in [5.41, 5.74) is 1.62. The van der Waals surface area contributed by atoms with Gasteiger partial charge >= 0.3 is 0 Å². The van der Waals surface area contributed by atoms with Crippen LogP contribution >= 0.6 is 0 Å². The number of nitrogens with zero attached hydrogens (tertiary/aromatic N) is 4. The van der Waals surface area contributed by atoms with Crippen molar-refractivity contribution in [3.63, 3.8) is 0 Å². The van der Waals surface area contributed by atoms with E-state index in [0.717, 1.165) is 38.0 Å². The van der Waals surface area contributed by atoms with Gasteiger partial charge in [0.2, 0.25) is 0 Å². The van der Waals surface area contributed by atoms with Gasteiger partial charge in [-0.25, -0.2) is 4.98 Å². The number of aliphatic hydroxyl groups excluding tert-OH is 1. The Morgan fingerprint density at radius 1 is 1.25 bits per heavy atom. The summed E-state index contributed by atoms with van der Waals surface area (Å²) in [6.45, 7) is 2.88. The Balaban J connectivity index is 1.88. The Morgan fingerprint density at radius 3 is 2.80 bits per heavy atom. The van der Waals surface area contributed by atoms with Gasteiger partial charge in [-0.15, -0.1) is 0 Å². The second-order valence-electron chi connectivity index (χ2n) is 5.14. The van der Waals surface area contributed by atoms with Gasteiger partial charge in [0.15, 0.2) is 5.65 Å². The van der Waals surface area contributed by atoms with E-state index in [0.29, 0.717) is 11.6 Å². The Hall–Kier alpha value is -1.79. The van der Waals surface area contributed by atoms with Gasteiger partial charge in [0, 0.05) is 30.6 Å². The fourth-order valence-electron chi connectivity index (χ4n) is 2.89. The standard InChI is InChI=1S/C14H18N4O2/c19-10-9-17-7-3-11(4-8-17)12-1-6-16-18-13(20)2-5-15-14(12)18/h1-2,5-6,11,19H,3-4,7-10H2. The summed E-state index contributed by atoms with van der Waals surface area (Å²) in [6, 6.07) is 3.39. The first kappa shape index (κ1) is 13.2. The first-order valence-electron chi connectivity index (χ1n) is 6.96. The van der Waals surface area contributed by atoms with Crippen LogP contribution in [-0.4, -0.2) is 50.8 Å². The van der Waals surface area contributed by atoms with Gasteiger partial charge in [0.25, 0.3) is 5.56 Å². The van der Waals surface area contributed by atoms with Gasteiger partial charge in [-0.05, 0) is 37.9 Å². The highest BCUT2D eigenvalue weighted by Crippen LogP contribution is 2.29. The normalized spacial score (nSPS) is 17.6. The Bertz CT molecular complexity index is 647. The second kappa shape index (κ2) is 5.68. The molecule has 0 unspecified atom stereocenters. The van der Waals surface area contributed by atoms with E-state index in [4.69, 9.17) is 5.11 Å². The Kier molecular flexibility index (Phi) is 3.75. The average Bonchev–Trinajstić information content (AvgIpc) is 2.48. The molecule has 0 atom stereocenters. The number of aliphatic hydroxyl groups is 1. The molecule has 1 fully saturated rings. The molecule has 1 aliphatic rings. The number of β-amino-alcohol motifs (C(OH)–C–C–N with tert-alkyl or cyclic N) is 1. The molecule has 6 nitrogen and oxygen atoms in total. The molecule has 1 saturated heterocycles. The van der Waals surface area contributed by atoms with Gasteiger partial charge in [0.1, 0.15) is 0 Å². The third kappa shape index (κ3) is 2.44. The lowest BCUT2D eigenvalue weighted by molar-refractivity contribution is 0.164. The van der Waals surface area contributed by atoms with Crippen molar-refractivity contribution in [3.8, 4) is 0 Å². The predicted octanol–water partition coefficient (Wildman–Crippen LogP) is 0.261. The largest absolute Gasteiger partial charge is 0.395 e. The van der Waals surface area contributed by atoms with Crippen molar-refractivity contribution in [3.05, 3.63) is 40.4 Å². The van der Waals surface area contributed by atoms with Crippen molar-refractivity contribution >= 4 is 5.65 Å². The molecule has 0 bridgehead atoms. The summed E-state index contributed by atoms with van der Waals surface area (Å²) in [7, 11) is 0. The average molecular weight is 274 g/mol. The highest BCUT2D eigenvalue weighted by molar-refractivity contribution is 5.47. The number of hydrogen-bond donors (Lipinski definition) is 1. The monoisotopic (exact) mass is 274 g/mol. The summed E-state index contributed by atoms with van der Waals surface area (Å²) < 4.78 is 1.37. The van der Waals surface area contributed by atoms with Crippen LogP contribution in [0.25, 0.3) is 5.65 Å².